The van der Waals surface area contributed by atoms with Crippen LogP contribution in [0.3, 0.4) is 0 Å². The van der Waals surface area contributed by atoms with Crippen molar-refractivity contribution in [3.63, 3.8) is 0 Å². The monoisotopic (exact) mass is 880 g/mol. The Labute approximate surface area is 399 Å². The number of benzene rings is 9. The third kappa shape index (κ3) is 6.76. The molecule has 0 aliphatic carbocycles. The summed E-state index contributed by atoms with van der Waals surface area (Å²) in [5.41, 5.74) is 22.3. The fourth-order valence-electron chi connectivity index (χ4n) is 10.8. The number of thiophene rings is 1. The highest BCUT2D eigenvalue weighted by Gasteiger charge is 2.46. The zero-order valence-corrected chi connectivity index (χ0v) is 40.2. The molecule has 9 aromatic carbocycles. The van der Waals surface area contributed by atoms with E-state index in [4.69, 9.17) is 0 Å². The zero-order chi connectivity index (χ0) is 45.8. The standard InChI is InChI=1S/C63H53BN2S/c1-40-18-14-15-23-48(40)44-36-52-49-32-26-43(41-19-10-8-11-20-41)37-55(49)66(47-30-27-45(28-31-47)62(2,3)4)64-53-33-35-58-59(50-24-16-17-25-57(50)67-58)61(53)65(56(38-44)60(52)64)54-34-29-46(63(5,6)7)39-51(54)42-21-12-9-13-22-42/h8-39H,1-7H3. The number of hydrogen-bond donors (Lipinski definition) is 0. The van der Waals surface area contributed by atoms with Crippen molar-refractivity contribution in [3.8, 4) is 44.5 Å². The lowest BCUT2D eigenvalue weighted by Crippen LogP contribution is -2.61. The molecule has 12 rings (SSSR count). The van der Waals surface area contributed by atoms with Gasteiger partial charge in [-0.3, -0.25) is 0 Å². The minimum absolute atomic E-state index is 0.0209. The summed E-state index contributed by atoms with van der Waals surface area (Å²) in [6, 6.07) is 73.6. The molecule has 0 spiro atoms. The first-order valence-corrected chi connectivity index (χ1v) is 24.5. The molecule has 324 valence electrons. The lowest BCUT2D eigenvalue weighted by molar-refractivity contribution is 0.590. The van der Waals surface area contributed by atoms with Gasteiger partial charge in [0.2, 0.25) is 0 Å². The molecule has 1 aromatic heterocycles. The minimum Gasteiger partial charge on any atom is -0.376 e. The summed E-state index contributed by atoms with van der Waals surface area (Å²) in [4.78, 5) is 5.35. The van der Waals surface area contributed by atoms with E-state index in [0.717, 1.165) is 0 Å². The molecule has 0 fully saturated rings. The molecule has 2 aliphatic heterocycles. The van der Waals surface area contributed by atoms with Crippen molar-refractivity contribution < 1.29 is 0 Å². The van der Waals surface area contributed by atoms with Gasteiger partial charge in [0, 0.05) is 48.4 Å². The van der Waals surface area contributed by atoms with Crippen LogP contribution in [0.25, 0.3) is 64.7 Å². The first-order valence-electron chi connectivity index (χ1n) is 23.7. The van der Waals surface area contributed by atoms with E-state index in [1.807, 2.05) is 11.3 Å². The third-order valence-electron chi connectivity index (χ3n) is 14.3. The van der Waals surface area contributed by atoms with Gasteiger partial charge in [0.25, 0.3) is 0 Å². The van der Waals surface area contributed by atoms with Crippen LogP contribution in [0, 0.1) is 6.92 Å². The van der Waals surface area contributed by atoms with Crippen LogP contribution in [0.4, 0.5) is 28.4 Å². The summed E-state index contributed by atoms with van der Waals surface area (Å²) >= 11 is 1.90. The maximum atomic E-state index is 2.67. The largest absolute Gasteiger partial charge is 0.376 e. The SMILES string of the molecule is Cc1ccccc1-c1cc2c3c(c1)N(c1ccc(C(C)(C)C)cc1-c1ccccc1)c1c(ccc4sc5ccccc5c14)B3N(c1ccc(C(C)(C)C)cc1)c1cc(-c3ccccc3)ccc1-2. The molecule has 10 aromatic rings. The van der Waals surface area contributed by atoms with Crippen LogP contribution in [0.15, 0.2) is 194 Å². The van der Waals surface area contributed by atoms with E-state index in [0.29, 0.717) is 0 Å². The van der Waals surface area contributed by atoms with Gasteiger partial charge in [-0.05, 0) is 133 Å². The van der Waals surface area contributed by atoms with Gasteiger partial charge in [0.05, 0.1) is 11.4 Å². The lowest BCUT2D eigenvalue weighted by Gasteiger charge is -2.46. The molecule has 2 aliphatic rings. The highest BCUT2D eigenvalue weighted by Crippen LogP contribution is 2.53. The predicted octanol–water partition coefficient (Wildman–Crippen LogP) is 16.7. The molecular formula is C63H53BN2S. The van der Waals surface area contributed by atoms with Crippen LogP contribution in [-0.2, 0) is 10.8 Å². The molecule has 0 amide bonds. The zero-order valence-electron chi connectivity index (χ0n) is 39.4. The van der Waals surface area contributed by atoms with E-state index in [-0.39, 0.29) is 17.7 Å². The first-order chi connectivity index (χ1) is 32.4. The van der Waals surface area contributed by atoms with Crippen molar-refractivity contribution in [1.82, 2.24) is 0 Å². The van der Waals surface area contributed by atoms with Crippen LogP contribution >= 0.6 is 11.3 Å². The summed E-state index contributed by atoms with van der Waals surface area (Å²) in [5.74, 6) is 0. The lowest BCUT2D eigenvalue weighted by atomic mass is 9.43. The quantitative estimate of drug-likeness (QED) is 0.159. The van der Waals surface area contributed by atoms with Crippen LogP contribution in [0.5, 0.6) is 0 Å². The van der Waals surface area contributed by atoms with Crippen LogP contribution < -0.4 is 20.6 Å². The highest BCUT2D eigenvalue weighted by molar-refractivity contribution is 7.26. The maximum absolute atomic E-state index is 2.67. The van der Waals surface area contributed by atoms with Gasteiger partial charge < -0.3 is 9.71 Å². The fraction of sp³-hybridized carbons (Fsp3) is 0.143. The van der Waals surface area contributed by atoms with Crippen molar-refractivity contribution in [2.45, 2.75) is 59.3 Å². The normalized spacial score (nSPS) is 13.2. The first kappa shape index (κ1) is 41.3. The Morgan fingerprint density at radius 3 is 1.82 bits per heavy atom. The number of fused-ring (bicyclic) bond motifs is 8. The Morgan fingerprint density at radius 1 is 0.433 bits per heavy atom. The van der Waals surface area contributed by atoms with Crippen molar-refractivity contribution in [3.05, 3.63) is 211 Å². The Kier molecular flexibility index (Phi) is 9.54. The average molecular weight is 881 g/mol. The number of rotatable bonds is 5. The Balaban J connectivity index is 1.26. The second kappa shape index (κ2) is 15.5. The van der Waals surface area contributed by atoms with Crippen molar-refractivity contribution in [2.24, 2.45) is 0 Å². The molecular weight excluding hydrogens is 828 g/mol. The average Bonchev–Trinajstić information content (AvgIpc) is 3.73. The van der Waals surface area contributed by atoms with Crippen molar-refractivity contribution in [1.29, 1.82) is 0 Å². The van der Waals surface area contributed by atoms with Gasteiger partial charge in [-0.25, -0.2) is 0 Å². The molecule has 4 heteroatoms. The summed E-state index contributed by atoms with van der Waals surface area (Å²) in [6.45, 7) is 16.0. The number of anilines is 5. The van der Waals surface area contributed by atoms with Gasteiger partial charge in [-0.15, -0.1) is 11.3 Å². The number of nitrogens with zero attached hydrogens (tertiary/aromatic N) is 2. The van der Waals surface area contributed by atoms with Gasteiger partial charge in [0.15, 0.2) is 0 Å². The number of aryl methyl sites for hydroxylation is 1. The minimum atomic E-state index is -0.140. The van der Waals surface area contributed by atoms with E-state index in [1.54, 1.807) is 0 Å². The molecule has 3 heterocycles. The highest BCUT2D eigenvalue weighted by atomic mass is 32.1. The van der Waals surface area contributed by atoms with Gasteiger partial charge in [0.1, 0.15) is 0 Å². The Bertz CT molecular complexity index is 3560. The molecule has 0 saturated heterocycles. The summed E-state index contributed by atoms with van der Waals surface area (Å²) < 4.78 is 2.59. The van der Waals surface area contributed by atoms with Crippen molar-refractivity contribution >= 4 is 77.7 Å². The second-order valence-electron chi connectivity index (χ2n) is 20.6. The van der Waals surface area contributed by atoms with E-state index < -0.39 is 0 Å². The fourth-order valence-corrected chi connectivity index (χ4v) is 11.9. The van der Waals surface area contributed by atoms with E-state index in [1.165, 1.54) is 121 Å². The maximum Gasteiger partial charge on any atom is 0.333 e. The molecule has 0 unspecified atom stereocenters. The third-order valence-corrected chi connectivity index (χ3v) is 15.4. The molecule has 0 N–H and O–H groups in total. The van der Waals surface area contributed by atoms with Gasteiger partial charge in [-0.1, -0.05) is 181 Å². The van der Waals surface area contributed by atoms with Crippen LogP contribution in [0.2, 0.25) is 0 Å². The molecule has 67 heavy (non-hydrogen) atoms. The van der Waals surface area contributed by atoms with E-state index in [9.17, 15) is 0 Å². The number of hydrogen-bond acceptors (Lipinski definition) is 3. The molecule has 0 saturated carbocycles. The van der Waals surface area contributed by atoms with E-state index >= 15 is 0 Å². The Hall–Kier alpha value is -7.14. The summed E-state index contributed by atoms with van der Waals surface area (Å²) in [7, 11) is 0. The van der Waals surface area contributed by atoms with E-state index in [2.05, 4.69) is 252 Å². The Morgan fingerprint density at radius 2 is 1.09 bits per heavy atom. The molecule has 0 atom stereocenters. The van der Waals surface area contributed by atoms with Crippen LogP contribution in [0.1, 0.15) is 58.2 Å². The smallest absolute Gasteiger partial charge is 0.333 e. The summed E-state index contributed by atoms with van der Waals surface area (Å²) in [5, 5.41) is 2.59. The summed E-state index contributed by atoms with van der Waals surface area (Å²) in [6.07, 6.45) is 0. The van der Waals surface area contributed by atoms with Crippen molar-refractivity contribution in [2.75, 3.05) is 9.71 Å². The van der Waals surface area contributed by atoms with Gasteiger partial charge >= 0.3 is 6.85 Å². The predicted molar refractivity (Wildman–Crippen MR) is 291 cm³/mol. The topological polar surface area (TPSA) is 6.48 Å². The second-order valence-corrected chi connectivity index (χ2v) is 21.7. The molecule has 2 nitrogen and oxygen atoms in total. The van der Waals surface area contributed by atoms with Crippen LogP contribution in [-0.4, -0.2) is 6.85 Å². The molecule has 0 radical (unpaired) electrons. The van der Waals surface area contributed by atoms with Gasteiger partial charge in [-0.2, -0.15) is 0 Å². The molecule has 0 bridgehead atoms.